The number of ether oxygens (including phenoxy) is 1. The van der Waals surface area contributed by atoms with E-state index in [2.05, 4.69) is 20.9 Å². The average Bonchev–Trinajstić information content (AvgIpc) is 2.51. The van der Waals surface area contributed by atoms with E-state index in [1.165, 1.54) is 6.07 Å². The number of nitrogen functional groups attached to an aromatic ring is 1. The first-order valence-corrected chi connectivity index (χ1v) is 8.37. The first kappa shape index (κ1) is 19.5. The quantitative estimate of drug-likeness (QED) is 0.557. The van der Waals surface area contributed by atoms with Gasteiger partial charge in [0.15, 0.2) is 0 Å². The lowest BCUT2D eigenvalue weighted by Crippen LogP contribution is -2.24. The molecule has 5 N–H and O–H groups in total. The molecule has 0 amide bonds. The largest absolute Gasteiger partial charge is 0.493 e. The number of halogens is 1. The van der Waals surface area contributed by atoms with Crippen LogP contribution in [-0.2, 0) is 0 Å². The van der Waals surface area contributed by atoms with Crippen LogP contribution in [0, 0.1) is 5.92 Å². The fourth-order valence-electron chi connectivity index (χ4n) is 2.40. The Labute approximate surface area is 156 Å². The van der Waals surface area contributed by atoms with Crippen LogP contribution < -0.4 is 16.0 Å². The number of benzene rings is 1. The molecule has 26 heavy (non-hydrogen) atoms. The molecule has 138 valence electrons. The van der Waals surface area contributed by atoms with Gasteiger partial charge in [-0.05, 0) is 24.1 Å². The highest BCUT2D eigenvalue weighted by Crippen LogP contribution is 2.37. The third-order valence-electron chi connectivity index (χ3n) is 3.46. The van der Waals surface area contributed by atoms with E-state index in [-0.39, 0.29) is 22.8 Å². The summed E-state index contributed by atoms with van der Waals surface area (Å²) < 4.78 is 6.25. The molecule has 1 heterocycles. The lowest BCUT2D eigenvalue weighted by atomic mass is 9.94. The summed E-state index contributed by atoms with van der Waals surface area (Å²) >= 11 is 3.27. The smallest absolute Gasteiger partial charge is 0.342 e. The van der Waals surface area contributed by atoms with Gasteiger partial charge < -0.3 is 25.7 Å². The lowest BCUT2D eigenvalue weighted by molar-refractivity contribution is 0.0695. The molecule has 8 nitrogen and oxygen atoms in total. The predicted molar refractivity (Wildman–Crippen MR) is 98.9 cm³/mol. The molecule has 1 aromatic carbocycles. The summed E-state index contributed by atoms with van der Waals surface area (Å²) in [7, 11) is 0. The van der Waals surface area contributed by atoms with E-state index in [4.69, 9.17) is 10.5 Å². The molecule has 1 aromatic heterocycles. The summed E-state index contributed by atoms with van der Waals surface area (Å²) in [6, 6.07) is 4.72. The van der Waals surface area contributed by atoms with Gasteiger partial charge in [-0.15, -0.1) is 0 Å². The minimum Gasteiger partial charge on any atom is -0.493 e. The van der Waals surface area contributed by atoms with Gasteiger partial charge in [0, 0.05) is 15.6 Å². The van der Waals surface area contributed by atoms with Gasteiger partial charge in [0.25, 0.3) is 5.56 Å². The second-order valence-electron chi connectivity index (χ2n) is 5.95. The maximum absolute atomic E-state index is 12.2. The highest BCUT2D eigenvalue weighted by atomic mass is 79.9. The molecule has 2 aromatic rings. The minimum atomic E-state index is -1.57. The van der Waals surface area contributed by atoms with Gasteiger partial charge >= 0.3 is 11.9 Å². The number of aromatic carboxylic acids is 2. The van der Waals surface area contributed by atoms with Crippen molar-refractivity contribution in [1.82, 2.24) is 4.98 Å². The van der Waals surface area contributed by atoms with Crippen LogP contribution in [0.5, 0.6) is 5.75 Å². The van der Waals surface area contributed by atoms with Crippen molar-refractivity contribution in [2.75, 3.05) is 12.3 Å². The minimum absolute atomic E-state index is 0.146. The van der Waals surface area contributed by atoms with Crippen molar-refractivity contribution in [3.63, 3.8) is 0 Å². The van der Waals surface area contributed by atoms with Crippen LogP contribution >= 0.6 is 15.9 Å². The molecule has 0 aliphatic carbocycles. The molecule has 0 spiro atoms. The van der Waals surface area contributed by atoms with Crippen LogP contribution in [-0.4, -0.2) is 33.7 Å². The van der Waals surface area contributed by atoms with Crippen LogP contribution in [0.25, 0.3) is 11.1 Å². The van der Waals surface area contributed by atoms with Gasteiger partial charge in [-0.3, -0.25) is 4.79 Å². The summed E-state index contributed by atoms with van der Waals surface area (Å²) in [5.74, 6) is -3.05. The second-order valence-corrected chi connectivity index (χ2v) is 6.86. The van der Waals surface area contributed by atoms with E-state index >= 15 is 0 Å². The van der Waals surface area contributed by atoms with Crippen molar-refractivity contribution >= 4 is 33.7 Å². The van der Waals surface area contributed by atoms with Crippen molar-refractivity contribution < 1.29 is 24.5 Å². The number of carboxylic acid groups (broad SMARTS) is 2. The Morgan fingerprint density at radius 1 is 1.23 bits per heavy atom. The zero-order valence-corrected chi connectivity index (χ0v) is 15.6. The molecule has 2 rings (SSSR count). The second kappa shape index (κ2) is 7.61. The Morgan fingerprint density at radius 3 is 2.38 bits per heavy atom. The van der Waals surface area contributed by atoms with Crippen LogP contribution in [0.15, 0.2) is 27.5 Å². The number of hydrogen-bond donors (Lipinski definition) is 4. The van der Waals surface area contributed by atoms with Crippen molar-refractivity contribution in [3.05, 3.63) is 44.2 Å². The Hall–Kier alpha value is -2.81. The number of aromatic nitrogens is 1. The zero-order chi connectivity index (χ0) is 19.6. The lowest BCUT2D eigenvalue weighted by Gasteiger charge is -2.17. The van der Waals surface area contributed by atoms with Gasteiger partial charge in [0.2, 0.25) is 0 Å². The number of nitrogens with one attached hydrogen (secondary N) is 1. The van der Waals surface area contributed by atoms with E-state index in [0.717, 1.165) is 0 Å². The summed E-state index contributed by atoms with van der Waals surface area (Å²) in [6.45, 7) is 4.17. The van der Waals surface area contributed by atoms with Crippen molar-refractivity contribution in [2.45, 2.75) is 13.8 Å². The number of nitrogens with two attached hydrogens (primary N) is 1. The number of aromatic amines is 1. The first-order valence-electron chi connectivity index (χ1n) is 7.58. The third kappa shape index (κ3) is 3.88. The Bertz CT molecular complexity index is 936. The zero-order valence-electron chi connectivity index (χ0n) is 14.0. The normalized spacial score (nSPS) is 10.8. The predicted octanol–water partition coefficient (Wildman–Crippen LogP) is 2.82. The first-order chi connectivity index (χ1) is 12.1. The van der Waals surface area contributed by atoms with Gasteiger partial charge in [-0.25, -0.2) is 9.59 Å². The van der Waals surface area contributed by atoms with E-state index in [0.29, 0.717) is 11.1 Å². The molecule has 0 bridgehead atoms. The molecular weight excluding hydrogens is 408 g/mol. The molecule has 0 saturated carbocycles. The Kier molecular flexibility index (Phi) is 5.71. The van der Waals surface area contributed by atoms with E-state index in [9.17, 15) is 24.6 Å². The van der Waals surface area contributed by atoms with Gasteiger partial charge in [0.05, 0.1) is 6.61 Å². The number of pyridine rings is 1. The van der Waals surface area contributed by atoms with E-state index < -0.39 is 34.4 Å². The van der Waals surface area contributed by atoms with Crippen LogP contribution in [0.1, 0.15) is 34.6 Å². The molecule has 0 atom stereocenters. The Balaban J connectivity index is 2.91. The highest BCUT2D eigenvalue weighted by molar-refractivity contribution is 9.10. The SMILES string of the molecule is CC(C)COc1ccc(Br)cc1-c1c(C(=O)O)c(N)[nH]c(=O)c1C(=O)O. The summed E-state index contributed by atoms with van der Waals surface area (Å²) in [4.78, 5) is 37.6. The van der Waals surface area contributed by atoms with Crippen LogP contribution in [0.4, 0.5) is 5.82 Å². The third-order valence-corrected chi connectivity index (χ3v) is 3.95. The van der Waals surface area contributed by atoms with Crippen LogP contribution in [0.3, 0.4) is 0 Å². The number of carboxylic acids is 2. The fraction of sp³-hybridized carbons (Fsp3) is 0.235. The standard InChI is InChI=1S/C17H17BrN2O6/c1-7(2)6-26-10-4-3-8(18)5-9(10)11-12(16(22)23)14(19)20-15(21)13(11)17(24)25/h3-5,7H,6H2,1-2H3,(H,22,23)(H,24,25)(H3,19,20,21). The molecular formula is C17H17BrN2O6. The molecule has 0 aliphatic heterocycles. The summed E-state index contributed by atoms with van der Waals surface area (Å²) in [5, 5.41) is 19.0. The summed E-state index contributed by atoms with van der Waals surface area (Å²) in [6.07, 6.45) is 0. The molecule has 0 unspecified atom stereocenters. The molecule has 9 heteroatoms. The maximum Gasteiger partial charge on any atom is 0.342 e. The summed E-state index contributed by atoms with van der Waals surface area (Å²) in [5.41, 5.74) is 3.29. The molecule has 0 saturated heterocycles. The Morgan fingerprint density at radius 2 is 1.85 bits per heavy atom. The molecule has 0 fully saturated rings. The number of anilines is 1. The monoisotopic (exact) mass is 424 g/mol. The number of carbonyl (C=O) groups is 2. The number of hydrogen-bond acceptors (Lipinski definition) is 5. The highest BCUT2D eigenvalue weighted by Gasteiger charge is 2.28. The van der Waals surface area contributed by atoms with Crippen molar-refractivity contribution in [1.29, 1.82) is 0 Å². The molecule has 0 radical (unpaired) electrons. The molecule has 0 aliphatic rings. The topological polar surface area (TPSA) is 143 Å². The fourth-order valence-corrected chi connectivity index (χ4v) is 2.76. The number of rotatable bonds is 6. The van der Waals surface area contributed by atoms with Gasteiger partial charge in [-0.1, -0.05) is 29.8 Å². The van der Waals surface area contributed by atoms with Gasteiger partial charge in [-0.2, -0.15) is 0 Å². The van der Waals surface area contributed by atoms with E-state index in [1.807, 2.05) is 13.8 Å². The van der Waals surface area contributed by atoms with E-state index in [1.54, 1.807) is 12.1 Å². The number of H-pyrrole nitrogens is 1. The average molecular weight is 425 g/mol. The maximum atomic E-state index is 12.2. The van der Waals surface area contributed by atoms with Crippen LogP contribution in [0.2, 0.25) is 0 Å². The van der Waals surface area contributed by atoms with Crippen molar-refractivity contribution in [2.24, 2.45) is 5.92 Å². The van der Waals surface area contributed by atoms with Gasteiger partial charge in [0.1, 0.15) is 22.7 Å². The van der Waals surface area contributed by atoms with Crippen molar-refractivity contribution in [3.8, 4) is 16.9 Å².